The van der Waals surface area contributed by atoms with Crippen molar-refractivity contribution in [3.63, 3.8) is 0 Å². The third-order valence-electron chi connectivity index (χ3n) is 5.02. The van der Waals surface area contributed by atoms with E-state index in [1.165, 1.54) is 12.8 Å². The average molecular weight is 281 g/mol. The average Bonchev–Trinajstić information content (AvgIpc) is 2.47. The Bertz CT molecular complexity index is 348. The van der Waals surface area contributed by atoms with E-state index in [9.17, 15) is 14.7 Å². The predicted molar refractivity (Wildman–Crippen MR) is 77.3 cm³/mol. The van der Waals surface area contributed by atoms with Crippen molar-refractivity contribution < 1.29 is 14.7 Å². The van der Waals surface area contributed by atoms with Crippen molar-refractivity contribution in [1.29, 1.82) is 0 Å². The van der Waals surface area contributed by atoms with E-state index < -0.39 is 11.9 Å². The molecule has 1 saturated heterocycles. The molecule has 1 amide bonds. The third-order valence-corrected chi connectivity index (χ3v) is 5.02. The van der Waals surface area contributed by atoms with Gasteiger partial charge in [0.2, 0.25) is 5.91 Å². The highest BCUT2D eigenvalue weighted by Crippen LogP contribution is 2.33. The van der Waals surface area contributed by atoms with Gasteiger partial charge >= 0.3 is 5.97 Å². The second-order valence-electron chi connectivity index (χ2n) is 6.39. The first-order valence-electron chi connectivity index (χ1n) is 8.15. The van der Waals surface area contributed by atoms with Gasteiger partial charge in [-0.15, -0.1) is 0 Å². The van der Waals surface area contributed by atoms with Gasteiger partial charge in [0.25, 0.3) is 0 Å². The van der Waals surface area contributed by atoms with Gasteiger partial charge in [-0.3, -0.25) is 9.59 Å². The van der Waals surface area contributed by atoms with Gasteiger partial charge < -0.3 is 10.0 Å². The predicted octanol–water partition coefficient (Wildman–Crippen LogP) is 2.92. The number of hydrogen-bond donors (Lipinski definition) is 1. The van der Waals surface area contributed by atoms with Crippen LogP contribution in [0.15, 0.2) is 0 Å². The fraction of sp³-hybridized carbons (Fsp3) is 0.875. The van der Waals surface area contributed by atoms with Gasteiger partial charge in [0.1, 0.15) is 0 Å². The topological polar surface area (TPSA) is 57.6 Å². The molecule has 2 fully saturated rings. The summed E-state index contributed by atoms with van der Waals surface area (Å²) in [6.07, 6.45) is 7.99. The van der Waals surface area contributed by atoms with E-state index in [1.54, 1.807) is 0 Å². The molecular weight excluding hydrogens is 254 g/mol. The molecule has 4 heteroatoms. The van der Waals surface area contributed by atoms with Crippen LogP contribution in [0.2, 0.25) is 0 Å². The van der Waals surface area contributed by atoms with E-state index in [2.05, 4.69) is 6.92 Å². The van der Waals surface area contributed by atoms with Gasteiger partial charge in [-0.25, -0.2) is 0 Å². The normalized spacial score (nSPS) is 28.4. The smallest absolute Gasteiger partial charge is 0.307 e. The van der Waals surface area contributed by atoms with Crippen LogP contribution in [0.25, 0.3) is 0 Å². The van der Waals surface area contributed by atoms with Gasteiger partial charge in [0.05, 0.1) is 11.8 Å². The number of carboxylic acid groups (broad SMARTS) is 1. The summed E-state index contributed by atoms with van der Waals surface area (Å²) in [6, 6.07) is 0. The first-order valence-corrected chi connectivity index (χ1v) is 8.15. The van der Waals surface area contributed by atoms with Crippen LogP contribution in [0.1, 0.15) is 58.3 Å². The number of aliphatic carboxylic acids is 1. The Morgan fingerprint density at radius 2 is 1.65 bits per heavy atom. The molecule has 0 bridgehead atoms. The second kappa shape index (κ2) is 7.09. The van der Waals surface area contributed by atoms with Crippen LogP contribution in [0.3, 0.4) is 0 Å². The molecule has 0 unspecified atom stereocenters. The number of carboxylic acids is 1. The molecule has 1 aliphatic heterocycles. The highest BCUT2D eigenvalue weighted by molar-refractivity contribution is 5.85. The van der Waals surface area contributed by atoms with Crippen LogP contribution in [-0.2, 0) is 9.59 Å². The van der Waals surface area contributed by atoms with Crippen molar-refractivity contribution in [2.24, 2.45) is 17.8 Å². The van der Waals surface area contributed by atoms with Crippen LogP contribution >= 0.6 is 0 Å². The highest BCUT2D eigenvalue weighted by atomic mass is 16.4. The van der Waals surface area contributed by atoms with Crippen molar-refractivity contribution in [1.82, 2.24) is 4.90 Å². The molecule has 0 aromatic rings. The molecule has 20 heavy (non-hydrogen) atoms. The zero-order valence-corrected chi connectivity index (χ0v) is 12.5. The zero-order chi connectivity index (χ0) is 14.5. The summed E-state index contributed by atoms with van der Waals surface area (Å²) in [6.45, 7) is 3.86. The Morgan fingerprint density at radius 1 is 1.05 bits per heavy atom. The van der Waals surface area contributed by atoms with E-state index in [-0.39, 0.29) is 11.8 Å². The largest absolute Gasteiger partial charge is 0.481 e. The summed E-state index contributed by atoms with van der Waals surface area (Å²) < 4.78 is 0. The fourth-order valence-corrected chi connectivity index (χ4v) is 3.81. The van der Waals surface area contributed by atoms with E-state index in [1.807, 2.05) is 4.90 Å². The van der Waals surface area contributed by atoms with Crippen LogP contribution < -0.4 is 0 Å². The van der Waals surface area contributed by atoms with Crippen molar-refractivity contribution in [2.45, 2.75) is 58.3 Å². The standard InChI is InChI=1S/C16H27NO3/c1-2-5-12-8-10-17(11-9-12)15(18)13-6-3-4-7-14(13)16(19)20/h12-14H,2-11H2,1H3,(H,19,20)/t13-,14+/m1/s1. The Balaban J connectivity index is 1.92. The molecule has 0 aromatic heterocycles. The number of hydrogen-bond acceptors (Lipinski definition) is 2. The number of carbonyl (C=O) groups is 2. The van der Waals surface area contributed by atoms with E-state index >= 15 is 0 Å². The maximum Gasteiger partial charge on any atom is 0.307 e. The minimum atomic E-state index is -0.788. The molecule has 0 aromatic carbocycles. The molecule has 1 aliphatic carbocycles. The van der Waals surface area contributed by atoms with Gasteiger partial charge in [0.15, 0.2) is 0 Å². The molecule has 2 aliphatic rings. The molecule has 1 heterocycles. The SMILES string of the molecule is CCCC1CCN(C(=O)[C@@H]2CCCC[C@@H]2C(=O)O)CC1. The van der Waals surface area contributed by atoms with Crippen LogP contribution in [0, 0.1) is 17.8 Å². The van der Waals surface area contributed by atoms with Gasteiger partial charge in [-0.2, -0.15) is 0 Å². The van der Waals surface area contributed by atoms with Crippen LogP contribution in [0.5, 0.6) is 0 Å². The summed E-state index contributed by atoms with van der Waals surface area (Å²) in [7, 11) is 0. The Labute approximate surface area is 121 Å². The van der Waals surface area contributed by atoms with E-state index in [4.69, 9.17) is 0 Å². The van der Waals surface area contributed by atoms with Gasteiger partial charge in [-0.1, -0.05) is 32.6 Å². The maximum absolute atomic E-state index is 12.6. The summed E-state index contributed by atoms with van der Waals surface area (Å²) >= 11 is 0. The van der Waals surface area contributed by atoms with E-state index in [0.29, 0.717) is 6.42 Å². The molecule has 114 valence electrons. The Hall–Kier alpha value is -1.06. The summed E-state index contributed by atoms with van der Waals surface area (Å²) in [4.78, 5) is 25.8. The molecule has 0 spiro atoms. The molecule has 1 saturated carbocycles. The number of amides is 1. The summed E-state index contributed by atoms with van der Waals surface area (Å²) in [5.74, 6) is -0.657. The Morgan fingerprint density at radius 3 is 2.20 bits per heavy atom. The Kier molecular flexibility index (Phi) is 5.44. The molecule has 1 N–H and O–H groups in total. The number of nitrogens with zero attached hydrogens (tertiary/aromatic N) is 1. The molecule has 2 rings (SSSR count). The van der Waals surface area contributed by atoms with Gasteiger partial charge in [0, 0.05) is 13.1 Å². The van der Waals surface area contributed by atoms with Gasteiger partial charge in [-0.05, 0) is 31.6 Å². The lowest BCUT2D eigenvalue weighted by Crippen LogP contribution is -2.45. The van der Waals surface area contributed by atoms with Crippen LogP contribution in [0.4, 0.5) is 0 Å². The van der Waals surface area contributed by atoms with E-state index in [0.717, 1.165) is 51.1 Å². The summed E-state index contributed by atoms with van der Waals surface area (Å²) in [5, 5.41) is 9.30. The van der Waals surface area contributed by atoms with Crippen molar-refractivity contribution in [2.75, 3.05) is 13.1 Å². The van der Waals surface area contributed by atoms with Crippen molar-refractivity contribution >= 4 is 11.9 Å². The number of rotatable bonds is 4. The third kappa shape index (κ3) is 3.53. The highest BCUT2D eigenvalue weighted by Gasteiger charge is 2.38. The minimum absolute atomic E-state index is 0.104. The van der Waals surface area contributed by atoms with Crippen molar-refractivity contribution in [3.8, 4) is 0 Å². The molecular formula is C16H27NO3. The number of likely N-dealkylation sites (tertiary alicyclic amines) is 1. The first-order chi connectivity index (χ1) is 9.63. The monoisotopic (exact) mass is 281 g/mol. The van der Waals surface area contributed by atoms with Crippen molar-refractivity contribution in [3.05, 3.63) is 0 Å². The lowest BCUT2D eigenvalue weighted by Gasteiger charge is -2.37. The molecule has 2 atom stereocenters. The lowest BCUT2D eigenvalue weighted by atomic mass is 9.78. The zero-order valence-electron chi connectivity index (χ0n) is 12.5. The molecule has 0 radical (unpaired) electrons. The maximum atomic E-state index is 12.6. The number of carbonyl (C=O) groups excluding carboxylic acids is 1. The van der Waals surface area contributed by atoms with Crippen LogP contribution in [-0.4, -0.2) is 35.0 Å². The lowest BCUT2D eigenvalue weighted by molar-refractivity contribution is -0.153. The second-order valence-corrected chi connectivity index (χ2v) is 6.39. The number of piperidine rings is 1. The molecule has 4 nitrogen and oxygen atoms in total. The first kappa shape index (κ1) is 15.3. The fourth-order valence-electron chi connectivity index (χ4n) is 3.81. The summed E-state index contributed by atoms with van der Waals surface area (Å²) in [5.41, 5.74) is 0. The minimum Gasteiger partial charge on any atom is -0.481 e. The quantitative estimate of drug-likeness (QED) is 0.862.